The third-order valence-corrected chi connectivity index (χ3v) is 4.40. The van der Waals surface area contributed by atoms with Gasteiger partial charge < -0.3 is 14.9 Å². The number of anilines is 1. The summed E-state index contributed by atoms with van der Waals surface area (Å²) >= 11 is 0. The molecule has 1 fully saturated rings. The SMILES string of the molecule is CCCn1ccc(C(=O)N(C)C[C@]2(O)CCN(c3cnccn3)C2)n1. The van der Waals surface area contributed by atoms with E-state index in [1.165, 1.54) is 0 Å². The number of rotatable bonds is 6. The van der Waals surface area contributed by atoms with Crippen molar-refractivity contribution >= 4 is 11.7 Å². The predicted molar refractivity (Wildman–Crippen MR) is 93.3 cm³/mol. The average molecular weight is 344 g/mol. The van der Waals surface area contributed by atoms with Crippen molar-refractivity contribution in [2.24, 2.45) is 0 Å². The lowest BCUT2D eigenvalue weighted by Gasteiger charge is -2.28. The zero-order chi connectivity index (χ0) is 17.9. The van der Waals surface area contributed by atoms with Crippen molar-refractivity contribution in [2.45, 2.75) is 31.9 Å². The van der Waals surface area contributed by atoms with Crippen LogP contribution in [0.1, 0.15) is 30.3 Å². The summed E-state index contributed by atoms with van der Waals surface area (Å²) in [6.07, 6.45) is 8.28. The molecule has 0 spiro atoms. The molecule has 8 heteroatoms. The van der Waals surface area contributed by atoms with Gasteiger partial charge in [-0.2, -0.15) is 5.10 Å². The zero-order valence-electron chi connectivity index (χ0n) is 14.7. The minimum atomic E-state index is -0.964. The summed E-state index contributed by atoms with van der Waals surface area (Å²) in [6.45, 7) is 4.21. The Morgan fingerprint density at radius 3 is 3.00 bits per heavy atom. The van der Waals surface area contributed by atoms with Gasteiger partial charge in [-0.1, -0.05) is 6.92 Å². The van der Waals surface area contributed by atoms with Gasteiger partial charge in [0.15, 0.2) is 0 Å². The number of hydrogen-bond donors (Lipinski definition) is 1. The monoisotopic (exact) mass is 344 g/mol. The van der Waals surface area contributed by atoms with Crippen LogP contribution in [-0.4, -0.2) is 67.9 Å². The number of likely N-dealkylation sites (N-methyl/N-ethyl adjacent to an activating group) is 1. The molecular formula is C17H24N6O2. The molecule has 0 aromatic carbocycles. The van der Waals surface area contributed by atoms with Crippen LogP contribution < -0.4 is 4.90 Å². The first-order chi connectivity index (χ1) is 12.0. The van der Waals surface area contributed by atoms with Crippen molar-refractivity contribution in [1.82, 2.24) is 24.6 Å². The number of carbonyl (C=O) groups excluding carboxylic acids is 1. The van der Waals surface area contributed by atoms with Gasteiger partial charge in [-0.15, -0.1) is 0 Å². The number of β-amino-alcohol motifs (C(OH)–C–C–N with tert-alkyl or cyclic N) is 1. The second kappa shape index (κ2) is 7.18. The van der Waals surface area contributed by atoms with Gasteiger partial charge in [0, 0.05) is 45.3 Å². The maximum Gasteiger partial charge on any atom is 0.274 e. The number of amides is 1. The van der Waals surface area contributed by atoms with Crippen LogP contribution in [-0.2, 0) is 6.54 Å². The van der Waals surface area contributed by atoms with Crippen molar-refractivity contribution in [3.05, 3.63) is 36.5 Å². The quantitative estimate of drug-likeness (QED) is 0.834. The Kier molecular flexibility index (Phi) is 4.98. The van der Waals surface area contributed by atoms with E-state index in [1.54, 1.807) is 41.3 Å². The lowest BCUT2D eigenvalue weighted by Crippen LogP contribution is -2.46. The van der Waals surface area contributed by atoms with Gasteiger partial charge in [0.1, 0.15) is 17.1 Å². The van der Waals surface area contributed by atoms with E-state index in [1.807, 2.05) is 11.1 Å². The van der Waals surface area contributed by atoms with E-state index < -0.39 is 5.60 Å². The molecular weight excluding hydrogens is 320 g/mol. The highest BCUT2D eigenvalue weighted by Crippen LogP contribution is 2.26. The van der Waals surface area contributed by atoms with Gasteiger partial charge in [0.05, 0.1) is 12.7 Å². The number of nitrogens with zero attached hydrogens (tertiary/aromatic N) is 6. The Hall–Kier alpha value is -2.48. The Balaban J connectivity index is 1.61. The molecule has 1 amide bonds. The molecule has 2 aromatic heterocycles. The summed E-state index contributed by atoms with van der Waals surface area (Å²) in [5.41, 5.74) is -0.559. The first kappa shape index (κ1) is 17.3. The highest BCUT2D eigenvalue weighted by Gasteiger charge is 2.38. The molecule has 25 heavy (non-hydrogen) atoms. The predicted octanol–water partition coefficient (Wildman–Crippen LogP) is 0.796. The summed E-state index contributed by atoms with van der Waals surface area (Å²) in [6, 6.07) is 1.72. The van der Waals surface area contributed by atoms with Crippen LogP contribution >= 0.6 is 0 Å². The maximum absolute atomic E-state index is 12.5. The fourth-order valence-corrected chi connectivity index (χ4v) is 3.17. The molecule has 1 aliphatic rings. The largest absolute Gasteiger partial charge is 0.386 e. The van der Waals surface area contributed by atoms with Crippen LogP contribution in [0.3, 0.4) is 0 Å². The van der Waals surface area contributed by atoms with Crippen molar-refractivity contribution in [1.29, 1.82) is 0 Å². The Morgan fingerprint density at radius 2 is 2.28 bits per heavy atom. The molecule has 8 nitrogen and oxygen atoms in total. The molecule has 0 aliphatic carbocycles. The molecule has 0 unspecified atom stereocenters. The summed E-state index contributed by atoms with van der Waals surface area (Å²) in [4.78, 5) is 24.4. The van der Waals surface area contributed by atoms with E-state index in [4.69, 9.17) is 0 Å². The van der Waals surface area contributed by atoms with Crippen LogP contribution in [0.25, 0.3) is 0 Å². The summed E-state index contributed by atoms with van der Waals surface area (Å²) in [7, 11) is 1.70. The normalized spacial score (nSPS) is 20.0. The molecule has 1 aliphatic heterocycles. The van der Waals surface area contributed by atoms with Gasteiger partial charge in [-0.05, 0) is 18.9 Å². The highest BCUT2D eigenvalue weighted by atomic mass is 16.3. The van der Waals surface area contributed by atoms with Gasteiger partial charge in [0.25, 0.3) is 5.91 Å². The molecule has 1 N–H and O–H groups in total. The molecule has 0 radical (unpaired) electrons. The van der Waals surface area contributed by atoms with E-state index in [0.717, 1.165) is 18.8 Å². The molecule has 0 bridgehead atoms. The van der Waals surface area contributed by atoms with Gasteiger partial charge >= 0.3 is 0 Å². The number of aromatic nitrogens is 4. The van der Waals surface area contributed by atoms with Crippen molar-refractivity contribution < 1.29 is 9.90 Å². The maximum atomic E-state index is 12.5. The van der Waals surface area contributed by atoms with E-state index in [2.05, 4.69) is 22.0 Å². The first-order valence-electron chi connectivity index (χ1n) is 8.53. The second-order valence-corrected chi connectivity index (χ2v) is 6.58. The average Bonchev–Trinajstić information content (AvgIpc) is 3.22. The molecule has 2 aromatic rings. The number of aliphatic hydroxyl groups is 1. The zero-order valence-corrected chi connectivity index (χ0v) is 14.7. The highest BCUT2D eigenvalue weighted by molar-refractivity contribution is 5.92. The smallest absolute Gasteiger partial charge is 0.274 e. The minimum absolute atomic E-state index is 0.179. The van der Waals surface area contributed by atoms with Crippen molar-refractivity contribution in [3.63, 3.8) is 0 Å². The Morgan fingerprint density at radius 1 is 1.44 bits per heavy atom. The van der Waals surface area contributed by atoms with Crippen LogP contribution in [0, 0.1) is 0 Å². The minimum Gasteiger partial charge on any atom is -0.386 e. The number of carbonyl (C=O) groups is 1. The van der Waals surface area contributed by atoms with E-state index in [0.29, 0.717) is 25.2 Å². The fraction of sp³-hybridized carbons (Fsp3) is 0.529. The van der Waals surface area contributed by atoms with E-state index >= 15 is 0 Å². The Labute approximate surface area is 147 Å². The standard InChI is InChI=1S/C17H24N6O2/c1-3-8-23-9-4-14(20-23)16(24)21(2)12-17(25)5-10-22(13-17)15-11-18-6-7-19-15/h4,6-7,9,11,25H,3,5,8,10,12-13H2,1-2H3/t17-/m1/s1. The van der Waals surface area contributed by atoms with Crippen LogP contribution in [0.2, 0.25) is 0 Å². The first-order valence-corrected chi connectivity index (χ1v) is 8.53. The molecule has 134 valence electrons. The van der Waals surface area contributed by atoms with E-state index in [-0.39, 0.29) is 12.5 Å². The summed E-state index contributed by atoms with van der Waals surface area (Å²) < 4.78 is 1.77. The molecule has 3 rings (SSSR count). The molecule has 3 heterocycles. The second-order valence-electron chi connectivity index (χ2n) is 6.58. The van der Waals surface area contributed by atoms with Crippen LogP contribution in [0.5, 0.6) is 0 Å². The summed E-state index contributed by atoms with van der Waals surface area (Å²) in [5.74, 6) is 0.562. The molecule has 1 saturated heterocycles. The topological polar surface area (TPSA) is 87.4 Å². The van der Waals surface area contributed by atoms with Gasteiger partial charge in [-0.3, -0.25) is 14.5 Å². The fourth-order valence-electron chi connectivity index (χ4n) is 3.17. The van der Waals surface area contributed by atoms with Crippen molar-refractivity contribution in [2.75, 3.05) is 31.6 Å². The number of hydrogen-bond acceptors (Lipinski definition) is 6. The third-order valence-electron chi connectivity index (χ3n) is 4.40. The summed E-state index contributed by atoms with van der Waals surface area (Å²) in [5, 5.41) is 15.2. The van der Waals surface area contributed by atoms with Crippen LogP contribution in [0.15, 0.2) is 30.9 Å². The van der Waals surface area contributed by atoms with Crippen molar-refractivity contribution in [3.8, 4) is 0 Å². The van der Waals surface area contributed by atoms with Gasteiger partial charge in [0.2, 0.25) is 0 Å². The molecule has 0 saturated carbocycles. The third kappa shape index (κ3) is 3.96. The lowest BCUT2D eigenvalue weighted by molar-refractivity contribution is 0.0261. The Bertz CT molecular complexity index is 719. The molecule has 1 atom stereocenters. The van der Waals surface area contributed by atoms with E-state index in [9.17, 15) is 9.90 Å². The van der Waals surface area contributed by atoms with Gasteiger partial charge in [-0.25, -0.2) is 4.98 Å². The number of aryl methyl sites for hydroxylation is 1. The lowest BCUT2D eigenvalue weighted by atomic mass is 10.0. The van der Waals surface area contributed by atoms with Crippen LogP contribution in [0.4, 0.5) is 5.82 Å².